The fourth-order valence-corrected chi connectivity index (χ4v) is 3.40. The lowest BCUT2D eigenvalue weighted by atomic mass is 10.1. The minimum absolute atomic E-state index is 0.746. The number of benzene rings is 2. The maximum atomic E-state index is 4.66. The van der Waals surface area contributed by atoms with Gasteiger partial charge >= 0.3 is 0 Å². The predicted molar refractivity (Wildman–Crippen MR) is 112 cm³/mol. The van der Waals surface area contributed by atoms with Gasteiger partial charge in [0.15, 0.2) is 0 Å². The van der Waals surface area contributed by atoms with E-state index in [1.54, 1.807) is 6.20 Å². The summed E-state index contributed by atoms with van der Waals surface area (Å²) in [6.45, 7) is 2.08. The SMILES string of the molecule is Cc1cccc(-c2csc(N/N=C(\c3ccccc3)c3ccccn3)n2)c1. The third-order valence-electron chi connectivity index (χ3n) is 4.04. The van der Waals surface area contributed by atoms with Gasteiger partial charge in [-0.15, -0.1) is 11.3 Å². The smallest absolute Gasteiger partial charge is 0.203 e. The van der Waals surface area contributed by atoms with Crippen LogP contribution in [0.3, 0.4) is 0 Å². The quantitative estimate of drug-likeness (QED) is 0.379. The summed E-state index contributed by atoms with van der Waals surface area (Å²) in [6, 6.07) is 24.2. The summed E-state index contributed by atoms with van der Waals surface area (Å²) >= 11 is 1.53. The van der Waals surface area contributed by atoms with E-state index in [2.05, 4.69) is 45.6 Å². The maximum Gasteiger partial charge on any atom is 0.203 e. The monoisotopic (exact) mass is 370 g/mol. The number of aromatic nitrogens is 2. The van der Waals surface area contributed by atoms with Crippen molar-refractivity contribution in [3.8, 4) is 11.3 Å². The average Bonchev–Trinajstić information content (AvgIpc) is 3.19. The topological polar surface area (TPSA) is 50.2 Å². The number of hydrogen-bond donors (Lipinski definition) is 1. The van der Waals surface area contributed by atoms with E-state index in [0.717, 1.165) is 33.4 Å². The molecule has 0 saturated heterocycles. The molecule has 0 aliphatic heterocycles. The number of rotatable bonds is 5. The van der Waals surface area contributed by atoms with Crippen molar-refractivity contribution in [1.82, 2.24) is 9.97 Å². The molecule has 0 bridgehead atoms. The van der Waals surface area contributed by atoms with Crippen LogP contribution >= 0.6 is 11.3 Å². The van der Waals surface area contributed by atoms with E-state index in [-0.39, 0.29) is 0 Å². The molecule has 0 atom stereocenters. The number of thiazole rings is 1. The second-order valence-corrected chi connectivity index (χ2v) is 6.92. The van der Waals surface area contributed by atoms with Crippen LogP contribution in [-0.2, 0) is 0 Å². The van der Waals surface area contributed by atoms with Crippen molar-refractivity contribution in [2.24, 2.45) is 5.10 Å². The third-order valence-corrected chi connectivity index (χ3v) is 4.78. The van der Waals surface area contributed by atoms with Crippen LogP contribution in [0.1, 0.15) is 16.8 Å². The molecule has 0 saturated carbocycles. The molecule has 2 heterocycles. The van der Waals surface area contributed by atoms with E-state index < -0.39 is 0 Å². The van der Waals surface area contributed by atoms with Crippen LogP contribution in [0, 0.1) is 6.92 Å². The Morgan fingerprint density at radius 1 is 0.963 bits per heavy atom. The zero-order chi connectivity index (χ0) is 18.5. The van der Waals surface area contributed by atoms with Crippen LogP contribution in [0.5, 0.6) is 0 Å². The predicted octanol–water partition coefficient (Wildman–Crippen LogP) is 5.38. The highest BCUT2D eigenvalue weighted by atomic mass is 32.1. The first-order chi connectivity index (χ1) is 13.3. The number of hydrazone groups is 1. The standard InChI is InChI=1S/C22H18N4S/c1-16-8-7-11-18(14-16)20-15-27-22(24-20)26-25-21(17-9-3-2-4-10-17)19-12-5-6-13-23-19/h2-15H,1H3,(H,24,26)/b25-21+. The van der Waals surface area contributed by atoms with Crippen LogP contribution in [0.15, 0.2) is 89.5 Å². The first kappa shape index (κ1) is 17.1. The summed E-state index contributed by atoms with van der Waals surface area (Å²) in [4.78, 5) is 9.10. The molecule has 4 nitrogen and oxygen atoms in total. The lowest BCUT2D eigenvalue weighted by Gasteiger charge is -2.06. The molecule has 4 rings (SSSR count). The zero-order valence-electron chi connectivity index (χ0n) is 14.8. The molecule has 1 N–H and O–H groups in total. The normalized spacial score (nSPS) is 11.4. The zero-order valence-corrected chi connectivity index (χ0v) is 15.6. The van der Waals surface area contributed by atoms with Crippen molar-refractivity contribution in [3.05, 3.63) is 101 Å². The number of hydrogen-bond acceptors (Lipinski definition) is 5. The summed E-state index contributed by atoms with van der Waals surface area (Å²) in [5.41, 5.74) is 8.96. The van der Waals surface area contributed by atoms with Gasteiger partial charge in [0.1, 0.15) is 5.71 Å². The molecule has 4 aromatic rings. The highest BCUT2D eigenvalue weighted by Gasteiger charge is 2.09. The Morgan fingerprint density at radius 2 is 1.81 bits per heavy atom. The van der Waals surface area contributed by atoms with Gasteiger partial charge < -0.3 is 0 Å². The maximum absolute atomic E-state index is 4.66. The van der Waals surface area contributed by atoms with Gasteiger partial charge in [-0.1, -0.05) is 60.2 Å². The number of aryl methyl sites for hydroxylation is 1. The molecule has 27 heavy (non-hydrogen) atoms. The molecule has 0 unspecified atom stereocenters. The Morgan fingerprint density at radius 3 is 2.59 bits per heavy atom. The molecule has 0 aliphatic rings. The largest absolute Gasteiger partial charge is 0.255 e. The fourth-order valence-electron chi connectivity index (χ4n) is 2.73. The van der Waals surface area contributed by atoms with Crippen molar-refractivity contribution in [3.63, 3.8) is 0 Å². The van der Waals surface area contributed by atoms with Gasteiger partial charge in [0.05, 0.1) is 11.4 Å². The van der Waals surface area contributed by atoms with Crippen molar-refractivity contribution < 1.29 is 0 Å². The summed E-state index contributed by atoms with van der Waals surface area (Å²) in [5.74, 6) is 0. The van der Waals surface area contributed by atoms with E-state index in [0.29, 0.717) is 0 Å². The minimum Gasteiger partial charge on any atom is -0.255 e. The molecule has 0 aliphatic carbocycles. The molecule has 132 valence electrons. The molecule has 0 radical (unpaired) electrons. The number of nitrogens with one attached hydrogen (secondary N) is 1. The van der Waals surface area contributed by atoms with E-state index in [4.69, 9.17) is 0 Å². The lowest BCUT2D eigenvalue weighted by molar-refractivity contribution is 1.24. The number of nitrogens with zero attached hydrogens (tertiary/aromatic N) is 3. The van der Waals surface area contributed by atoms with E-state index in [1.165, 1.54) is 16.9 Å². The summed E-state index contributed by atoms with van der Waals surface area (Å²) in [7, 11) is 0. The first-order valence-corrected chi connectivity index (χ1v) is 9.51. The molecule has 0 spiro atoms. The van der Waals surface area contributed by atoms with Gasteiger partial charge in [0.25, 0.3) is 0 Å². The summed E-state index contributed by atoms with van der Waals surface area (Å²) in [6.07, 6.45) is 1.77. The van der Waals surface area contributed by atoms with E-state index >= 15 is 0 Å². The van der Waals surface area contributed by atoms with Gasteiger partial charge in [0.2, 0.25) is 5.13 Å². The summed E-state index contributed by atoms with van der Waals surface area (Å²) in [5, 5.41) is 7.39. The van der Waals surface area contributed by atoms with Crippen molar-refractivity contribution in [2.45, 2.75) is 6.92 Å². The second-order valence-electron chi connectivity index (χ2n) is 6.06. The molecule has 2 aromatic carbocycles. The highest BCUT2D eigenvalue weighted by Crippen LogP contribution is 2.25. The van der Waals surface area contributed by atoms with Crippen LogP contribution in [0.2, 0.25) is 0 Å². The average molecular weight is 370 g/mol. The van der Waals surface area contributed by atoms with Crippen LogP contribution in [-0.4, -0.2) is 15.7 Å². The second kappa shape index (κ2) is 7.93. The Bertz CT molecular complexity index is 1010. The van der Waals surface area contributed by atoms with Crippen molar-refractivity contribution in [1.29, 1.82) is 0 Å². The molecule has 2 aromatic heterocycles. The minimum atomic E-state index is 0.746. The Labute approximate surface area is 162 Å². The number of pyridine rings is 1. The molecule has 0 fully saturated rings. The van der Waals surface area contributed by atoms with E-state index in [9.17, 15) is 0 Å². The van der Waals surface area contributed by atoms with Gasteiger partial charge in [0, 0.05) is 22.7 Å². The van der Waals surface area contributed by atoms with Gasteiger partial charge in [-0.2, -0.15) is 5.10 Å². The number of anilines is 1. The Kier molecular flexibility index (Phi) is 5.03. The van der Waals surface area contributed by atoms with E-state index in [1.807, 2.05) is 60.0 Å². The van der Waals surface area contributed by atoms with Crippen molar-refractivity contribution >= 4 is 22.2 Å². The molecular weight excluding hydrogens is 352 g/mol. The summed E-state index contributed by atoms with van der Waals surface area (Å²) < 4.78 is 0. The van der Waals surface area contributed by atoms with Crippen molar-refractivity contribution in [2.75, 3.05) is 5.43 Å². The fraction of sp³-hybridized carbons (Fsp3) is 0.0455. The first-order valence-electron chi connectivity index (χ1n) is 8.63. The highest BCUT2D eigenvalue weighted by molar-refractivity contribution is 7.14. The Balaban J connectivity index is 1.63. The van der Waals surface area contributed by atoms with Crippen LogP contribution < -0.4 is 5.43 Å². The van der Waals surface area contributed by atoms with Crippen LogP contribution in [0.25, 0.3) is 11.3 Å². The molecular formula is C22H18N4S. The molecule has 0 amide bonds. The molecule has 5 heteroatoms. The van der Waals surface area contributed by atoms with Gasteiger partial charge in [-0.3, -0.25) is 10.4 Å². The Hall–Kier alpha value is -3.31. The third kappa shape index (κ3) is 4.10. The van der Waals surface area contributed by atoms with Gasteiger partial charge in [-0.25, -0.2) is 4.98 Å². The lowest BCUT2D eigenvalue weighted by Crippen LogP contribution is -2.08. The van der Waals surface area contributed by atoms with Crippen LogP contribution in [0.4, 0.5) is 5.13 Å². The van der Waals surface area contributed by atoms with Gasteiger partial charge in [-0.05, 0) is 25.1 Å².